The maximum absolute atomic E-state index is 5.68. The van der Waals surface area contributed by atoms with Gasteiger partial charge in [0, 0.05) is 28.3 Å². The van der Waals surface area contributed by atoms with Gasteiger partial charge in [-0.25, -0.2) is 0 Å². The molecule has 5 N–H and O–H groups in total. The maximum Gasteiger partial charge on any atom is 0.0478 e. The van der Waals surface area contributed by atoms with Crippen molar-refractivity contribution in [3.63, 3.8) is 0 Å². The molecule has 0 saturated carbocycles. The number of nitrogens with one attached hydrogen (secondary N) is 1. The van der Waals surface area contributed by atoms with E-state index in [9.17, 15) is 0 Å². The van der Waals surface area contributed by atoms with E-state index in [2.05, 4.69) is 11.6 Å². The van der Waals surface area contributed by atoms with Crippen molar-refractivity contribution in [2.75, 3.05) is 0 Å². The van der Waals surface area contributed by atoms with Gasteiger partial charge < -0.3 is 16.5 Å². The second-order valence-electron chi connectivity index (χ2n) is 3.97. The molecule has 0 aromatic carbocycles. The minimum Gasteiger partial charge on any atom is -0.402 e. The lowest BCUT2D eigenvalue weighted by atomic mass is 10.1. The molecule has 0 fully saturated rings. The molecular weight excluding hydrogens is 198 g/mol. The van der Waals surface area contributed by atoms with E-state index in [-0.39, 0.29) is 0 Å². The number of nitrogens with two attached hydrogens (primary N) is 2. The van der Waals surface area contributed by atoms with E-state index in [0.29, 0.717) is 0 Å². The normalized spacial score (nSPS) is 12.9. The first-order valence-corrected chi connectivity index (χ1v) is 5.18. The van der Waals surface area contributed by atoms with Gasteiger partial charge in [-0.2, -0.15) is 0 Å². The Labute approximate surface area is 96.5 Å². The van der Waals surface area contributed by atoms with Crippen molar-refractivity contribution >= 4 is 18.2 Å². The molecule has 0 amide bonds. The van der Waals surface area contributed by atoms with Crippen LogP contribution in [0, 0.1) is 6.92 Å². The number of aromatic amines is 1. The van der Waals surface area contributed by atoms with Gasteiger partial charge in [0.15, 0.2) is 0 Å². The Hall–Kier alpha value is -1.90. The summed E-state index contributed by atoms with van der Waals surface area (Å²) in [6.07, 6.45) is 5.63. The summed E-state index contributed by atoms with van der Waals surface area (Å²) in [4.78, 5) is 3.28. The molecule has 0 spiro atoms. The minimum absolute atomic E-state index is 0.754. The van der Waals surface area contributed by atoms with Gasteiger partial charge in [-0.05, 0) is 38.5 Å². The van der Waals surface area contributed by atoms with Crippen molar-refractivity contribution in [2.45, 2.75) is 20.8 Å². The van der Waals surface area contributed by atoms with Gasteiger partial charge in [0.1, 0.15) is 0 Å². The van der Waals surface area contributed by atoms with E-state index in [0.717, 1.165) is 33.9 Å². The number of rotatable bonds is 3. The molecule has 3 heteroatoms. The molecule has 1 rings (SSSR count). The third-order valence-corrected chi connectivity index (χ3v) is 2.32. The SMILES string of the molecule is C=Cc1c(/C=C(/C)N)[nH]c(/C=C(/C)N)c1C. The molecule has 0 unspecified atom stereocenters. The van der Waals surface area contributed by atoms with Gasteiger partial charge >= 0.3 is 0 Å². The van der Waals surface area contributed by atoms with Crippen LogP contribution in [0.3, 0.4) is 0 Å². The van der Waals surface area contributed by atoms with Crippen molar-refractivity contribution < 1.29 is 0 Å². The molecule has 0 aliphatic heterocycles. The average Bonchev–Trinajstić information content (AvgIpc) is 2.41. The zero-order valence-corrected chi connectivity index (χ0v) is 10.1. The molecule has 86 valence electrons. The lowest BCUT2D eigenvalue weighted by molar-refractivity contribution is 1.27. The molecule has 0 radical (unpaired) electrons. The highest BCUT2D eigenvalue weighted by Gasteiger charge is 2.08. The first-order chi connectivity index (χ1) is 7.45. The first kappa shape index (κ1) is 12.2. The van der Waals surface area contributed by atoms with E-state index >= 15 is 0 Å². The highest BCUT2D eigenvalue weighted by Crippen LogP contribution is 2.22. The number of allylic oxidation sites excluding steroid dienone is 2. The van der Waals surface area contributed by atoms with Crippen LogP contribution in [0.2, 0.25) is 0 Å². The topological polar surface area (TPSA) is 67.8 Å². The Morgan fingerprint density at radius 1 is 1.12 bits per heavy atom. The Morgan fingerprint density at radius 3 is 2.06 bits per heavy atom. The van der Waals surface area contributed by atoms with Crippen LogP contribution in [0.5, 0.6) is 0 Å². The molecular formula is C13H19N3. The molecule has 0 bridgehead atoms. The highest BCUT2D eigenvalue weighted by atomic mass is 14.7. The highest BCUT2D eigenvalue weighted by molar-refractivity contribution is 5.71. The van der Waals surface area contributed by atoms with Crippen molar-refractivity contribution in [3.8, 4) is 0 Å². The van der Waals surface area contributed by atoms with E-state index in [4.69, 9.17) is 11.5 Å². The average molecular weight is 217 g/mol. The molecule has 1 aromatic heterocycles. The molecule has 1 aromatic rings. The van der Waals surface area contributed by atoms with Gasteiger partial charge in [-0.1, -0.05) is 12.7 Å². The molecule has 0 saturated heterocycles. The van der Waals surface area contributed by atoms with Crippen molar-refractivity contribution in [2.24, 2.45) is 11.5 Å². The van der Waals surface area contributed by atoms with Crippen LogP contribution < -0.4 is 11.5 Å². The molecule has 0 atom stereocenters. The van der Waals surface area contributed by atoms with Crippen molar-refractivity contribution in [3.05, 3.63) is 40.5 Å². The summed E-state index contributed by atoms with van der Waals surface area (Å²) in [5.41, 5.74) is 17.0. The summed E-state index contributed by atoms with van der Waals surface area (Å²) in [6, 6.07) is 0. The van der Waals surface area contributed by atoms with Crippen LogP contribution >= 0.6 is 0 Å². The zero-order valence-electron chi connectivity index (χ0n) is 10.1. The Morgan fingerprint density at radius 2 is 1.62 bits per heavy atom. The third-order valence-electron chi connectivity index (χ3n) is 2.32. The Balaban J connectivity index is 3.36. The quantitative estimate of drug-likeness (QED) is 0.728. The summed E-state index contributed by atoms with van der Waals surface area (Å²) in [5, 5.41) is 0. The number of H-pyrrole nitrogens is 1. The van der Waals surface area contributed by atoms with Crippen LogP contribution in [-0.4, -0.2) is 4.98 Å². The van der Waals surface area contributed by atoms with Crippen LogP contribution in [-0.2, 0) is 0 Å². The summed E-state index contributed by atoms with van der Waals surface area (Å²) in [6.45, 7) is 9.56. The molecule has 3 nitrogen and oxygen atoms in total. The van der Waals surface area contributed by atoms with Crippen LogP contribution in [0.15, 0.2) is 18.0 Å². The fraction of sp³-hybridized carbons (Fsp3) is 0.231. The maximum atomic E-state index is 5.68. The molecule has 1 heterocycles. The van der Waals surface area contributed by atoms with E-state index in [1.165, 1.54) is 0 Å². The van der Waals surface area contributed by atoms with Crippen LogP contribution in [0.1, 0.15) is 36.4 Å². The summed E-state index contributed by atoms with van der Waals surface area (Å²) >= 11 is 0. The Kier molecular flexibility index (Phi) is 3.61. The van der Waals surface area contributed by atoms with Gasteiger partial charge in [-0.3, -0.25) is 0 Å². The lowest BCUT2D eigenvalue weighted by Gasteiger charge is -1.95. The van der Waals surface area contributed by atoms with Gasteiger partial charge in [0.2, 0.25) is 0 Å². The number of hydrogen-bond donors (Lipinski definition) is 3. The van der Waals surface area contributed by atoms with Gasteiger partial charge in [0.25, 0.3) is 0 Å². The second kappa shape index (κ2) is 4.75. The smallest absolute Gasteiger partial charge is 0.0478 e. The van der Waals surface area contributed by atoms with E-state index < -0.39 is 0 Å². The van der Waals surface area contributed by atoms with Crippen LogP contribution in [0.25, 0.3) is 18.2 Å². The third kappa shape index (κ3) is 2.57. The summed E-state index contributed by atoms with van der Waals surface area (Å²) in [5.74, 6) is 0. The van der Waals surface area contributed by atoms with Gasteiger partial charge in [-0.15, -0.1) is 0 Å². The van der Waals surface area contributed by atoms with E-state index in [1.807, 2.05) is 39.0 Å². The fourth-order valence-corrected chi connectivity index (χ4v) is 1.63. The predicted octanol–water partition coefficient (Wildman–Crippen LogP) is 2.61. The largest absolute Gasteiger partial charge is 0.402 e. The molecule has 16 heavy (non-hydrogen) atoms. The van der Waals surface area contributed by atoms with Crippen molar-refractivity contribution in [1.29, 1.82) is 0 Å². The summed E-state index contributed by atoms with van der Waals surface area (Å²) < 4.78 is 0. The second-order valence-corrected chi connectivity index (χ2v) is 3.97. The predicted molar refractivity (Wildman–Crippen MR) is 71.3 cm³/mol. The Bertz CT molecular complexity index is 454. The van der Waals surface area contributed by atoms with Crippen molar-refractivity contribution in [1.82, 2.24) is 4.98 Å². The number of aromatic nitrogens is 1. The van der Waals surface area contributed by atoms with E-state index in [1.54, 1.807) is 0 Å². The van der Waals surface area contributed by atoms with Crippen LogP contribution in [0.4, 0.5) is 0 Å². The molecule has 0 aliphatic rings. The minimum atomic E-state index is 0.754. The molecule has 0 aliphatic carbocycles. The first-order valence-electron chi connectivity index (χ1n) is 5.18. The zero-order chi connectivity index (χ0) is 12.3. The summed E-state index contributed by atoms with van der Waals surface area (Å²) in [7, 11) is 0. The standard InChI is InChI=1S/C13H19N3/c1-5-11-10(4)12(6-8(2)14)16-13(11)7-9(3)15/h5-7,16H,1,14-15H2,2-4H3/b8-6-,9-7-. The monoisotopic (exact) mass is 217 g/mol. The lowest BCUT2D eigenvalue weighted by Crippen LogP contribution is -1.91. The number of hydrogen-bond acceptors (Lipinski definition) is 2. The fourth-order valence-electron chi connectivity index (χ4n) is 1.63. The van der Waals surface area contributed by atoms with Gasteiger partial charge in [0.05, 0.1) is 0 Å².